The van der Waals surface area contributed by atoms with Gasteiger partial charge < -0.3 is 5.73 Å². The Morgan fingerprint density at radius 1 is 1.10 bits per heavy atom. The van der Waals surface area contributed by atoms with Gasteiger partial charge in [-0.15, -0.1) is 0 Å². The zero-order valence-corrected chi connectivity index (χ0v) is 10.9. The van der Waals surface area contributed by atoms with Crippen LogP contribution in [0.5, 0.6) is 0 Å². The van der Waals surface area contributed by atoms with Crippen molar-refractivity contribution < 1.29 is 4.39 Å². The van der Waals surface area contributed by atoms with Crippen molar-refractivity contribution in [3.8, 4) is 22.5 Å². The third-order valence-electron chi connectivity index (χ3n) is 3.14. The summed E-state index contributed by atoms with van der Waals surface area (Å²) in [6.07, 6.45) is 1.67. The number of anilines is 1. The van der Waals surface area contributed by atoms with E-state index < -0.39 is 0 Å². The van der Waals surface area contributed by atoms with Gasteiger partial charge in [-0.1, -0.05) is 18.2 Å². The van der Waals surface area contributed by atoms with Crippen molar-refractivity contribution in [1.29, 1.82) is 0 Å². The highest BCUT2D eigenvalue weighted by atomic mass is 19.1. The number of rotatable bonds is 2. The molecular formula is C15H13FN4. The zero-order valence-electron chi connectivity index (χ0n) is 10.9. The number of pyridine rings is 1. The first kappa shape index (κ1) is 12.3. The zero-order chi connectivity index (χ0) is 14.1. The molecule has 3 aromatic rings. The Morgan fingerprint density at radius 3 is 2.55 bits per heavy atom. The van der Waals surface area contributed by atoms with Gasteiger partial charge in [0.05, 0.1) is 11.3 Å². The van der Waals surface area contributed by atoms with Crippen LogP contribution in [0.3, 0.4) is 0 Å². The summed E-state index contributed by atoms with van der Waals surface area (Å²) < 4.78 is 15.5. The maximum atomic E-state index is 14.0. The lowest BCUT2D eigenvalue weighted by Crippen LogP contribution is -1.98. The Hall–Kier alpha value is -2.69. The predicted molar refractivity (Wildman–Crippen MR) is 76.2 cm³/mol. The average molecular weight is 268 g/mol. The fraction of sp³-hybridized carbons (Fsp3) is 0.0667. The minimum atomic E-state index is -0.331. The van der Waals surface area contributed by atoms with Gasteiger partial charge >= 0.3 is 0 Å². The molecule has 1 aromatic carbocycles. The Balaban J connectivity index is 2.28. The van der Waals surface area contributed by atoms with Gasteiger partial charge in [-0.3, -0.25) is 9.67 Å². The summed E-state index contributed by atoms with van der Waals surface area (Å²) in [5, 5.41) is 4.33. The molecule has 0 aliphatic carbocycles. The molecule has 5 heteroatoms. The summed E-state index contributed by atoms with van der Waals surface area (Å²) in [6.45, 7) is 0. The van der Waals surface area contributed by atoms with Gasteiger partial charge in [-0.25, -0.2) is 4.39 Å². The molecule has 0 bridgehead atoms. The van der Waals surface area contributed by atoms with Gasteiger partial charge in [0.15, 0.2) is 0 Å². The molecule has 0 saturated carbocycles. The standard InChI is InChI=1S/C15H13FN4/c1-20-15(17)13(12-8-4-5-9-18-12)14(19-20)10-6-2-3-7-11(10)16/h2-9H,17H2,1H3. The largest absolute Gasteiger partial charge is 0.383 e. The van der Waals surface area contributed by atoms with Crippen LogP contribution in [0.4, 0.5) is 10.2 Å². The highest BCUT2D eigenvalue weighted by molar-refractivity contribution is 5.86. The van der Waals surface area contributed by atoms with Gasteiger partial charge in [-0.05, 0) is 24.3 Å². The maximum Gasteiger partial charge on any atom is 0.132 e. The second kappa shape index (κ2) is 4.77. The molecule has 0 saturated heterocycles. The molecule has 3 rings (SSSR count). The molecule has 0 aliphatic rings. The smallest absolute Gasteiger partial charge is 0.132 e. The number of nitrogen functional groups attached to an aromatic ring is 1. The van der Waals surface area contributed by atoms with Gasteiger partial charge in [-0.2, -0.15) is 5.10 Å². The van der Waals surface area contributed by atoms with E-state index >= 15 is 0 Å². The number of aryl methyl sites for hydroxylation is 1. The molecule has 0 radical (unpaired) electrons. The summed E-state index contributed by atoms with van der Waals surface area (Å²) >= 11 is 0. The number of aromatic nitrogens is 3. The third kappa shape index (κ3) is 1.93. The van der Waals surface area contributed by atoms with Crippen molar-refractivity contribution in [1.82, 2.24) is 14.8 Å². The van der Waals surface area contributed by atoms with Crippen LogP contribution in [-0.4, -0.2) is 14.8 Å². The fourth-order valence-electron chi connectivity index (χ4n) is 2.14. The van der Waals surface area contributed by atoms with Crippen LogP contribution in [-0.2, 0) is 7.05 Å². The number of benzene rings is 1. The van der Waals surface area contributed by atoms with E-state index in [-0.39, 0.29) is 5.82 Å². The molecule has 4 nitrogen and oxygen atoms in total. The Morgan fingerprint density at radius 2 is 1.85 bits per heavy atom. The summed E-state index contributed by atoms with van der Waals surface area (Å²) in [7, 11) is 1.73. The molecule has 2 N–H and O–H groups in total. The Bertz CT molecular complexity index is 750. The summed E-state index contributed by atoms with van der Waals surface area (Å²) in [5.74, 6) is 0.129. The van der Waals surface area contributed by atoms with Crippen LogP contribution < -0.4 is 5.73 Å². The van der Waals surface area contributed by atoms with Crippen molar-refractivity contribution in [3.05, 3.63) is 54.5 Å². The van der Waals surface area contributed by atoms with Crippen LogP contribution in [0.15, 0.2) is 48.7 Å². The molecule has 0 unspecified atom stereocenters. The normalized spacial score (nSPS) is 10.7. The van der Waals surface area contributed by atoms with Gasteiger partial charge in [0, 0.05) is 18.8 Å². The topological polar surface area (TPSA) is 56.7 Å². The van der Waals surface area contributed by atoms with Crippen molar-refractivity contribution >= 4 is 5.82 Å². The monoisotopic (exact) mass is 268 g/mol. The molecular weight excluding hydrogens is 255 g/mol. The molecule has 2 aromatic heterocycles. The van der Waals surface area contributed by atoms with E-state index in [2.05, 4.69) is 10.1 Å². The van der Waals surface area contributed by atoms with E-state index in [9.17, 15) is 4.39 Å². The molecule has 0 spiro atoms. The first-order chi connectivity index (χ1) is 9.68. The maximum absolute atomic E-state index is 14.0. The average Bonchev–Trinajstić information content (AvgIpc) is 2.76. The summed E-state index contributed by atoms with van der Waals surface area (Å²) in [5.41, 5.74) is 8.31. The minimum Gasteiger partial charge on any atom is -0.383 e. The fourth-order valence-corrected chi connectivity index (χ4v) is 2.14. The molecule has 0 atom stereocenters. The quantitative estimate of drug-likeness (QED) is 0.777. The van der Waals surface area contributed by atoms with Crippen molar-refractivity contribution in [2.75, 3.05) is 5.73 Å². The van der Waals surface area contributed by atoms with Gasteiger partial charge in [0.2, 0.25) is 0 Å². The van der Waals surface area contributed by atoms with E-state index in [4.69, 9.17) is 5.73 Å². The van der Waals surface area contributed by atoms with Crippen molar-refractivity contribution in [2.24, 2.45) is 7.05 Å². The van der Waals surface area contributed by atoms with Crippen LogP contribution in [0.2, 0.25) is 0 Å². The Labute approximate surface area is 115 Å². The first-order valence-corrected chi connectivity index (χ1v) is 6.17. The van der Waals surface area contributed by atoms with E-state index in [0.29, 0.717) is 28.3 Å². The highest BCUT2D eigenvalue weighted by Gasteiger charge is 2.20. The molecule has 0 amide bonds. The first-order valence-electron chi connectivity index (χ1n) is 6.17. The van der Waals surface area contributed by atoms with Crippen LogP contribution in [0.1, 0.15) is 0 Å². The summed E-state index contributed by atoms with van der Waals surface area (Å²) in [6, 6.07) is 12.0. The van der Waals surface area contributed by atoms with Gasteiger partial charge in [0.25, 0.3) is 0 Å². The molecule has 20 heavy (non-hydrogen) atoms. The molecule has 0 aliphatic heterocycles. The lowest BCUT2D eigenvalue weighted by Gasteiger charge is -2.04. The van der Waals surface area contributed by atoms with E-state index in [0.717, 1.165) is 0 Å². The second-order valence-corrected chi connectivity index (χ2v) is 4.43. The number of hydrogen-bond donors (Lipinski definition) is 1. The van der Waals surface area contributed by atoms with E-state index in [1.807, 2.05) is 18.2 Å². The lowest BCUT2D eigenvalue weighted by molar-refractivity contribution is 0.630. The van der Waals surface area contributed by atoms with Crippen LogP contribution >= 0.6 is 0 Å². The highest BCUT2D eigenvalue weighted by Crippen LogP contribution is 2.35. The second-order valence-electron chi connectivity index (χ2n) is 4.43. The minimum absolute atomic E-state index is 0.331. The number of nitrogens with zero attached hydrogens (tertiary/aromatic N) is 3. The van der Waals surface area contributed by atoms with Gasteiger partial charge in [0.1, 0.15) is 17.3 Å². The SMILES string of the molecule is Cn1nc(-c2ccccc2F)c(-c2ccccn2)c1N. The number of nitrogens with two attached hydrogens (primary N) is 1. The summed E-state index contributed by atoms with van der Waals surface area (Å²) in [4.78, 5) is 4.28. The molecule has 2 heterocycles. The van der Waals surface area contributed by atoms with Crippen LogP contribution in [0, 0.1) is 5.82 Å². The van der Waals surface area contributed by atoms with Crippen LogP contribution in [0.25, 0.3) is 22.5 Å². The van der Waals surface area contributed by atoms with Crippen molar-refractivity contribution in [3.63, 3.8) is 0 Å². The lowest BCUT2D eigenvalue weighted by atomic mass is 10.0. The van der Waals surface area contributed by atoms with E-state index in [1.54, 1.807) is 31.4 Å². The molecule has 0 fully saturated rings. The number of halogens is 1. The molecule has 100 valence electrons. The number of hydrogen-bond acceptors (Lipinski definition) is 3. The Kier molecular flexibility index (Phi) is 2.95. The predicted octanol–water partition coefficient (Wildman–Crippen LogP) is 2.87. The third-order valence-corrected chi connectivity index (χ3v) is 3.14. The van der Waals surface area contributed by atoms with E-state index in [1.165, 1.54) is 10.7 Å². The van der Waals surface area contributed by atoms with Crippen molar-refractivity contribution in [2.45, 2.75) is 0 Å².